The van der Waals surface area contributed by atoms with E-state index in [-0.39, 0.29) is 29.2 Å². The number of carbonyl (C=O) groups excluding carboxylic acids is 2. The van der Waals surface area contributed by atoms with Gasteiger partial charge in [-0.1, -0.05) is 81.4 Å². The number of rotatable bonds is 12. The van der Waals surface area contributed by atoms with Crippen LogP contribution in [0.2, 0.25) is 18.1 Å². The first kappa shape index (κ1) is 30.8. The molecule has 39 heavy (non-hydrogen) atoms. The van der Waals surface area contributed by atoms with Crippen LogP contribution in [0.1, 0.15) is 60.0 Å². The SMILES string of the molecule is COC(=O)N[C@H](C(=O)CCc1ccc([C@H](N)CO[Si](C)(C)C(C)(C)C)s1)C(c1ccccc1)c1ccccc1. The molecule has 3 N–H and O–H groups in total. The van der Waals surface area contributed by atoms with Crippen LogP contribution in [0.5, 0.6) is 0 Å². The Hall–Kier alpha value is -2.78. The van der Waals surface area contributed by atoms with Gasteiger partial charge in [0, 0.05) is 22.1 Å². The third kappa shape index (κ3) is 8.35. The first-order valence-corrected chi connectivity index (χ1v) is 17.1. The number of ether oxygens (including phenoxy) is 1. The second-order valence-electron chi connectivity index (χ2n) is 11.4. The molecule has 1 aromatic heterocycles. The summed E-state index contributed by atoms with van der Waals surface area (Å²) in [6.45, 7) is 11.6. The highest BCUT2D eigenvalue weighted by Gasteiger charge is 2.37. The standard InChI is InChI=1S/C31H42N2O4SSi/c1-31(2,3)39(5,6)37-21-25(32)27-20-18-24(38-27)17-19-26(34)29(33-30(35)36-4)28(22-13-9-7-10-14-22)23-15-11-8-12-16-23/h7-16,18,20,25,28-29H,17,19,21,32H2,1-6H3,(H,33,35)/t25-,29-/m1/s1. The van der Waals surface area contributed by atoms with Gasteiger partial charge in [0.25, 0.3) is 0 Å². The summed E-state index contributed by atoms with van der Waals surface area (Å²) < 4.78 is 11.2. The van der Waals surface area contributed by atoms with Gasteiger partial charge in [-0.3, -0.25) is 4.79 Å². The second-order valence-corrected chi connectivity index (χ2v) is 17.4. The van der Waals surface area contributed by atoms with E-state index in [0.29, 0.717) is 13.0 Å². The zero-order valence-electron chi connectivity index (χ0n) is 23.9. The molecular weight excluding hydrogens is 525 g/mol. The van der Waals surface area contributed by atoms with Crippen molar-refractivity contribution >= 4 is 31.5 Å². The Morgan fingerprint density at radius 2 is 1.51 bits per heavy atom. The molecule has 0 saturated carbocycles. The molecule has 8 heteroatoms. The van der Waals surface area contributed by atoms with Crippen molar-refractivity contribution in [2.45, 2.75) is 69.7 Å². The number of carbonyl (C=O) groups is 2. The number of methoxy groups -OCH3 is 1. The summed E-state index contributed by atoms with van der Waals surface area (Å²) in [7, 11) is -0.577. The summed E-state index contributed by atoms with van der Waals surface area (Å²) in [4.78, 5) is 28.2. The number of hydrogen-bond donors (Lipinski definition) is 2. The molecule has 210 valence electrons. The van der Waals surface area contributed by atoms with Gasteiger partial charge in [0.05, 0.1) is 19.8 Å². The number of nitrogens with two attached hydrogens (primary N) is 1. The lowest BCUT2D eigenvalue weighted by Crippen LogP contribution is -2.45. The molecule has 0 spiro atoms. The maximum absolute atomic E-state index is 13.7. The maximum atomic E-state index is 13.7. The largest absolute Gasteiger partial charge is 0.453 e. The van der Waals surface area contributed by atoms with Crippen LogP contribution >= 0.6 is 11.3 Å². The highest BCUT2D eigenvalue weighted by molar-refractivity contribution is 7.12. The van der Waals surface area contributed by atoms with E-state index in [4.69, 9.17) is 14.9 Å². The predicted octanol–water partition coefficient (Wildman–Crippen LogP) is 6.83. The summed E-state index contributed by atoms with van der Waals surface area (Å²) in [5.41, 5.74) is 8.38. The molecule has 0 aliphatic heterocycles. The number of hydrogen-bond acceptors (Lipinski definition) is 6. The third-order valence-corrected chi connectivity index (χ3v) is 13.3. The monoisotopic (exact) mass is 566 g/mol. The molecule has 2 atom stereocenters. The van der Waals surface area contributed by atoms with Crippen LogP contribution in [0.15, 0.2) is 72.8 Å². The molecule has 3 aromatic rings. The highest BCUT2D eigenvalue weighted by Crippen LogP contribution is 2.37. The number of benzene rings is 2. The van der Waals surface area contributed by atoms with E-state index in [9.17, 15) is 9.59 Å². The minimum atomic E-state index is -1.88. The molecule has 0 aliphatic carbocycles. The Kier molecular flexibility index (Phi) is 10.7. The van der Waals surface area contributed by atoms with E-state index in [1.54, 1.807) is 11.3 Å². The van der Waals surface area contributed by atoms with Gasteiger partial charge >= 0.3 is 6.09 Å². The second kappa shape index (κ2) is 13.5. The summed E-state index contributed by atoms with van der Waals surface area (Å²) >= 11 is 1.62. The Bertz CT molecular complexity index is 1170. The molecule has 0 aliphatic rings. The summed E-state index contributed by atoms with van der Waals surface area (Å²) in [5, 5.41) is 2.95. The molecule has 3 rings (SSSR count). The minimum absolute atomic E-state index is 0.0568. The van der Waals surface area contributed by atoms with Gasteiger partial charge in [-0.25, -0.2) is 4.79 Å². The average molecular weight is 567 g/mol. The van der Waals surface area contributed by atoms with E-state index >= 15 is 0 Å². The van der Waals surface area contributed by atoms with E-state index < -0.39 is 20.5 Å². The van der Waals surface area contributed by atoms with Crippen molar-refractivity contribution in [1.29, 1.82) is 0 Å². The van der Waals surface area contributed by atoms with Crippen molar-refractivity contribution in [1.82, 2.24) is 5.32 Å². The van der Waals surface area contributed by atoms with Gasteiger partial charge in [0.15, 0.2) is 14.1 Å². The van der Waals surface area contributed by atoms with Crippen molar-refractivity contribution in [2.24, 2.45) is 5.73 Å². The van der Waals surface area contributed by atoms with Crippen LogP contribution in [0.25, 0.3) is 0 Å². The number of alkyl carbamates (subject to hydrolysis) is 1. The van der Waals surface area contributed by atoms with Crippen molar-refractivity contribution in [3.8, 4) is 0 Å². The van der Waals surface area contributed by atoms with Crippen molar-refractivity contribution < 1.29 is 18.8 Å². The van der Waals surface area contributed by atoms with E-state index in [0.717, 1.165) is 20.9 Å². The number of ketones is 1. The minimum Gasteiger partial charge on any atom is -0.453 e. The van der Waals surface area contributed by atoms with Gasteiger partial charge in [-0.05, 0) is 47.8 Å². The average Bonchev–Trinajstić information content (AvgIpc) is 3.40. The molecule has 1 heterocycles. The number of amides is 1. The van der Waals surface area contributed by atoms with Gasteiger partial charge in [-0.15, -0.1) is 11.3 Å². The van der Waals surface area contributed by atoms with Crippen LogP contribution in [-0.2, 0) is 20.4 Å². The van der Waals surface area contributed by atoms with Crippen LogP contribution in [0.4, 0.5) is 4.79 Å². The van der Waals surface area contributed by atoms with E-state index in [2.05, 4.69) is 39.2 Å². The van der Waals surface area contributed by atoms with Gasteiger partial charge in [0.2, 0.25) is 0 Å². The number of aryl methyl sites for hydroxylation is 1. The molecule has 0 radical (unpaired) electrons. The fourth-order valence-corrected chi connectivity index (χ4v) is 6.19. The maximum Gasteiger partial charge on any atom is 0.407 e. The Morgan fingerprint density at radius 3 is 2.03 bits per heavy atom. The molecule has 6 nitrogen and oxygen atoms in total. The summed E-state index contributed by atoms with van der Waals surface area (Å²) in [6.07, 6.45) is 0.214. The predicted molar refractivity (Wildman–Crippen MR) is 162 cm³/mol. The van der Waals surface area contributed by atoms with Crippen molar-refractivity contribution in [2.75, 3.05) is 13.7 Å². The van der Waals surface area contributed by atoms with E-state index in [1.807, 2.05) is 72.8 Å². The first-order valence-electron chi connectivity index (χ1n) is 13.4. The fourth-order valence-electron chi connectivity index (χ4n) is 4.16. The lowest BCUT2D eigenvalue weighted by Gasteiger charge is -2.36. The van der Waals surface area contributed by atoms with Crippen LogP contribution in [-0.4, -0.2) is 40.0 Å². The Balaban J connectivity index is 1.74. The number of nitrogens with one attached hydrogen (secondary N) is 1. The molecule has 0 fully saturated rings. The lowest BCUT2D eigenvalue weighted by atomic mass is 9.82. The molecule has 1 amide bonds. The fraction of sp³-hybridized carbons (Fsp3) is 0.419. The molecule has 0 saturated heterocycles. The van der Waals surface area contributed by atoms with Crippen LogP contribution in [0, 0.1) is 0 Å². The van der Waals surface area contributed by atoms with Gasteiger partial charge in [-0.2, -0.15) is 0 Å². The number of Topliss-reactive ketones (excluding diaryl/α,β-unsaturated/α-hetero) is 1. The van der Waals surface area contributed by atoms with Crippen LogP contribution < -0.4 is 11.1 Å². The molecular formula is C31H42N2O4SSi. The quantitative estimate of drug-likeness (QED) is 0.235. The number of thiophene rings is 1. The first-order chi connectivity index (χ1) is 18.4. The van der Waals surface area contributed by atoms with E-state index in [1.165, 1.54) is 7.11 Å². The normalized spacial score (nSPS) is 13.6. The zero-order valence-corrected chi connectivity index (χ0v) is 25.7. The smallest absolute Gasteiger partial charge is 0.407 e. The lowest BCUT2D eigenvalue weighted by molar-refractivity contribution is -0.121. The van der Waals surface area contributed by atoms with Gasteiger partial charge < -0.3 is 20.2 Å². The molecule has 0 bridgehead atoms. The molecule has 0 unspecified atom stereocenters. The summed E-state index contributed by atoms with van der Waals surface area (Å²) in [5.74, 6) is -0.405. The molecule has 2 aromatic carbocycles. The third-order valence-electron chi connectivity index (χ3n) is 7.55. The topological polar surface area (TPSA) is 90.7 Å². The highest BCUT2D eigenvalue weighted by atomic mass is 32.1. The van der Waals surface area contributed by atoms with Crippen molar-refractivity contribution in [3.05, 3.63) is 93.7 Å². The van der Waals surface area contributed by atoms with Crippen LogP contribution in [0.3, 0.4) is 0 Å². The van der Waals surface area contributed by atoms with Gasteiger partial charge in [0.1, 0.15) is 6.04 Å². The Labute approximate surface area is 238 Å². The Morgan fingerprint density at radius 1 is 0.949 bits per heavy atom. The zero-order chi connectivity index (χ0) is 28.6. The van der Waals surface area contributed by atoms with Crippen molar-refractivity contribution in [3.63, 3.8) is 0 Å². The summed E-state index contributed by atoms with van der Waals surface area (Å²) in [6, 6.07) is 22.7.